The van der Waals surface area contributed by atoms with E-state index in [1.165, 1.54) is 23.1 Å². The number of benzene rings is 1. The van der Waals surface area contributed by atoms with Gasteiger partial charge in [0, 0.05) is 25.7 Å². The molecule has 0 aliphatic heterocycles. The van der Waals surface area contributed by atoms with E-state index in [1.807, 2.05) is 13.8 Å². The lowest BCUT2D eigenvalue weighted by atomic mass is 9.93. The van der Waals surface area contributed by atoms with E-state index in [0.717, 1.165) is 0 Å². The summed E-state index contributed by atoms with van der Waals surface area (Å²) in [5, 5.41) is 10.9. The maximum Gasteiger partial charge on any atom is 0.270 e. The molecule has 1 rings (SSSR count). The second kappa shape index (κ2) is 6.19. The van der Waals surface area contributed by atoms with Crippen molar-refractivity contribution in [2.75, 3.05) is 20.1 Å². The van der Waals surface area contributed by atoms with Crippen molar-refractivity contribution in [1.29, 1.82) is 0 Å². The van der Waals surface area contributed by atoms with Gasteiger partial charge in [-0.1, -0.05) is 25.4 Å². The minimum absolute atomic E-state index is 0.121. The Kier molecular flexibility index (Phi) is 5.08. The van der Waals surface area contributed by atoms with Crippen LogP contribution in [0.4, 0.5) is 5.69 Å². The van der Waals surface area contributed by atoms with Crippen LogP contribution >= 0.6 is 11.6 Å². The molecule has 0 aliphatic carbocycles. The molecular weight excluding hydrogens is 282 g/mol. The molecule has 0 fully saturated rings. The first kappa shape index (κ1) is 16.4. The van der Waals surface area contributed by atoms with Crippen molar-refractivity contribution in [3.05, 3.63) is 38.9 Å². The Bertz CT molecular complexity index is 532. The monoisotopic (exact) mass is 299 g/mol. The molecule has 0 spiro atoms. The molecule has 0 aliphatic rings. The molecule has 0 bridgehead atoms. The highest BCUT2D eigenvalue weighted by molar-refractivity contribution is 6.33. The summed E-state index contributed by atoms with van der Waals surface area (Å²) in [5.41, 5.74) is 5.35. The minimum atomic E-state index is -0.559. The van der Waals surface area contributed by atoms with E-state index in [2.05, 4.69) is 0 Å². The first-order valence-electron chi connectivity index (χ1n) is 6.07. The normalized spacial score (nSPS) is 11.2. The quantitative estimate of drug-likeness (QED) is 0.667. The predicted molar refractivity (Wildman–Crippen MR) is 77.9 cm³/mol. The molecule has 0 aromatic heterocycles. The number of nitro benzene ring substituents is 1. The zero-order valence-corrected chi connectivity index (χ0v) is 12.5. The molecule has 0 saturated carbocycles. The van der Waals surface area contributed by atoms with E-state index in [1.54, 1.807) is 7.05 Å². The fraction of sp³-hybridized carbons (Fsp3) is 0.462. The first-order valence-corrected chi connectivity index (χ1v) is 6.45. The van der Waals surface area contributed by atoms with Crippen LogP contribution in [-0.4, -0.2) is 35.9 Å². The summed E-state index contributed by atoms with van der Waals surface area (Å²) in [6.07, 6.45) is 0. The van der Waals surface area contributed by atoms with Crippen molar-refractivity contribution < 1.29 is 9.72 Å². The SMILES string of the molecule is CN(CC(C)(C)CN)C(=O)c1cc([N+](=O)[O-])ccc1Cl. The number of carbonyl (C=O) groups is 1. The van der Waals surface area contributed by atoms with Crippen molar-refractivity contribution in [3.8, 4) is 0 Å². The van der Waals surface area contributed by atoms with Crippen LogP contribution in [0.1, 0.15) is 24.2 Å². The Morgan fingerprint density at radius 3 is 2.60 bits per heavy atom. The van der Waals surface area contributed by atoms with Gasteiger partial charge in [0.15, 0.2) is 0 Å². The number of hydrogen-bond donors (Lipinski definition) is 1. The van der Waals surface area contributed by atoms with Gasteiger partial charge in [-0.25, -0.2) is 0 Å². The summed E-state index contributed by atoms with van der Waals surface area (Å²) >= 11 is 5.95. The van der Waals surface area contributed by atoms with Gasteiger partial charge in [-0.3, -0.25) is 14.9 Å². The predicted octanol–water partition coefficient (Wildman–Crippen LogP) is 2.31. The zero-order chi connectivity index (χ0) is 15.5. The molecule has 0 atom stereocenters. The second-order valence-corrected chi connectivity index (χ2v) is 5.86. The number of nitro groups is 1. The molecule has 20 heavy (non-hydrogen) atoms. The summed E-state index contributed by atoms with van der Waals surface area (Å²) in [7, 11) is 1.62. The van der Waals surface area contributed by atoms with E-state index in [0.29, 0.717) is 13.1 Å². The highest BCUT2D eigenvalue weighted by Gasteiger charge is 2.24. The van der Waals surface area contributed by atoms with Crippen molar-refractivity contribution >= 4 is 23.2 Å². The fourth-order valence-corrected chi connectivity index (χ4v) is 1.97. The molecule has 1 amide bonds. The smallest absolute Gasteiger partial charge is 0.270 e. The van der Waals surface area contributed by atoms with Gasteiger partial charge in [-0.15, -0.1) is 0 Å². The fourth-order valence-electron chi connectivity index (χ4n) is 1.77. The van der Waals surface area contributed by atoms with E-state index in [4.69, 9.17) is 17.3 Å². The highest BCUT2D eigenvalue weighted by atomic mass is 35.5. The molecule has 110 valence electrons. The molecule has 2 N–H and O–H groups in total. The van der Waals surface area contributed by atoms with Gasteiger partial charge in [-0.2, -0.15) is 0 Å². The lowest BCUT2D eigenvalue weighted by Gasteiger charge is -2.29. The molecule has 1 aromatic rings. The van der Waals surface area contributed by atoms with Crippen molar-refractivity contribution in [2.24, 2.45) is 11.1 Å². The van der Waals surface area contributed by atoms with Crippen LogP contribution in [0.3, 0.4) is 0 Å². The van der Waals surface area contributed by atoms with Gasteiger partial charge in [-0.05, 0) is 18.0 Å². The third-order valence-electron chi connectivity index (χ3n) is 2.96. The lowest BCUT2D eigenvalue weighted by molar-refractivity contribution is -0.384. The Labute approximate surface area is 122 Å². The van der Waals surface area contributed by atoms with Gasteiger partial charge >= 0.3 is 0 Å². The third kappa shape index (κ3) is 3.91. The summed E-state index contributed by atoms with van der Waals surface area (Å²) < 4.78 is 0. The van der Waals surface area contributed by atoms with Gasteiger partial charge in [0.05, 0.1) is 15.5 Å². The summed E-state index contributed by atoms with van der Waals surface area (Å²) in [6.45, 7) is 4.73. The van der Waals surface area contributed by atoms with Crippen molar-refractivity contribution in [3.63, 3.8) is 0 Å². The number of carbonyl (C=O) groups excluding carboxylic acids is 1. The number of nitrogens with zero attached hydrogens (tertiary/aromatic N) is 2. The Hall–Kier alpha value is -1.66. The van der Waals surface area contributed by atoms with Crippen LogP contribution in [0.15, 0.2) is 18.2 Å². The maximum absolute atomic E-state index is 12.3. The number of halogens is 1. The highest BCUT2D eigenvalue weighted by Crippen LogP contribution is 2.24. The summed E-state index contributed by atoms with van der Waals surface area (Å²) in [4.78, 5) is 24.0. The van der Waals surface area contributed by atoms with Gasteiger partial charge in [0.25, 0.3) is 11.6 Å². The maximum atomic E-state index is 12.3. The molecule has 0 heterocycles. The molecule has 0 saturated heterocycles. The summed E-state index contributed by atoms with van der Waals surface area (Å²) in [5.74, 6) is -0.361. The average molecular weight is 300 g/mol. The van der Waals surface area contributed by atoms with Crippen LogP contribution in [0.25, 0.3) is 0 Å². The number of nitrogens with two attached hydrogens (primary N) is 1. The lowest BCUT2D eigenvalue weighted by Crippen LogP contribution is -2.39. The average Bonchev–Trinajstić information content (AvgIpc) is 2.37. The molecule has 0 unspecified atom stereocenters. The number of rotatable bonds is 5. The van der Waals surface area contributed by atoms with Crippen molar-refractivity contribution in [1.82, 2.24) is 4.90 Å². The second-order valence-electron chi connectivity index (χ2n) is 5.45. The third-order valence-corrected chi connectivity index (χ3v) is 3.29. The Morgan fingerprint density at radius 2 is 2.10 bits per heavy atom. The Morgan fingerprint density at radius 1 is 1.50 bits per heavy atom. The van der Waals surface area contributed by atoms with Crippen LogP contribution in [0.2, 0.25) is 5.02 Å². The number of amides is 1. The summed E-state index contributed by atoms with van der Waals surface area (Å²) in [6, 6.07) is 3.81. The molecule has 1 aromatic carbocycles. The number of hydrogen-bond acceptors (Lipinski definition) is 4. The van der Waals surface area contributed by atoms with E-state index in [9.17, 15) is 14.9 Å². The molecule has 0 radical (unpaired) electrons. The minimum Gasteiger partial charge on any atom is -0.341 e. The van der Waals surface area contributed by atoms with Crippen LogP contribution in [0, 0.1) is 15.5 Å². The van der Waals surface area contributed by atoms with Gasteiger partial charge in [0.2, 0.25) is 0 Å². The Balaban J connectivity index is 3.02. The van der Waals surface area contributed by atoms with Crippen molar-refractivity contribution in [2.45, 2.75) is 13.8 Å². The van der Waals surface area contributed by atoms with Crippen LogP contribution in [0.5, 0.6) is 0 Å². The van der Waals surface area contributed by atoms with E-state index in [-0.39, 0.29) is 27.6 Å². The molecular formula is C13H18ClN3O3. The molecule has 6 nitrogen and oxygen atoms in total. The zero-order valence-electron chi connectivity index (χ0n) is 11.7. The molecule has 7 heteroatoms. The largest absolute Gasteiger partial charge is 0.341 e. The van der Waals surface area contributed by atoms with Crippen LogP contribution in [-0.2, 0) is 0 Å². The first-order chi connectivity index (χ1) is 9.18. The van der Waals surface area contributed by atoms with E-state index >= 15 is 0 Å². The topological polar surface area (TPSA) is 89.5 Å². The van der Waals surface area contributed by atoms with Gasteiger partial charge < -0.3 is 10.6 Å². The van der Waals surface area contributed by atoms with Gasteiger partial charge in [0.1, 0.15) is 0 Å². The number of non-ortho nitro benzene ring substituents is 1. The van der Waals surface area contributed by atoms with E-state index < -0.39 is 4.92 Å². The standard InChI is InChI=1S/C13H18ClN3O3/c1-13(2,7-15)8-16(3)12(18)10-6-9(17(19)20)4-5-11(10)14/h4-6H,7-8,15H2,1-3H3. The van der Waals surface area contributed by atoms with Crippen LogP contribution < -0.4 is 5.73 Å².